The third-order valence-electron chi connectivity index (χ3n) is 3.11. The molecule has 98 valence electrons. The summed E-state index contributed by atoms with van der Waals surface area (Å²) in [6, 6.07) is 7.98. The Morgan fingerprint density at radius 2 is 2.33 bits per heavy atom. The Hall–Kier alpha value is -1.55. The summed E-state index contributed by atoms with van der Waals surface area (Å²) in [7, 11) is 1.65. The molecule has 0 saturated carbocycles. The second-order valence-electron chi connectivity index (χ2n) is 4.44. The number of hydrogen-bond acceptors (Lipinski definition) is 3. The van der Waals surface area contributed by atoms with E-state index in [-0.39, 0.29) is 11.9 Å². The number of benzene rings is 1. The van der Waals surface area contributed by atoms with Crippen LogP contribution in [0.4, 0.5) is 0 Å². The molecule has 18 heavy (non-hydrogen) atoms. The number of nitrogens with one attached hydrogen (secondary N) is 1. The summed E-state index contributed by atoms with van der Waals surface area (Å²) < 4.78 is 10.5. The van der Waals surface area contributed by atoms with E-state index in [0.717, 1.165) is 24.3 Å². The van der Waals surface area contributed by atoms with E-state index in [2.05, 4.69) is 5.32 Å². The molecule has 1 aliphatic heterocycles. The van der Waals surface area contributed by atoms with E-state index in [1.54, 1.807) is 7.11 Å². The highest BCUT2D eigenvalue weighted by Crippen LogP contribution is 2.18. The second-order valence-corrected chi connectivity index (χ2v) is 4.44. The molecule has 1 aliphatic rings. The zero-order valence-electron chi connectivity index (χ0n) is 10.6. The smallest absolute Gasteiger partial charge is 0.220 e. The van der Waals surface area contributed by atoms with Crippen LogP contribution in [0.3, 0.4) is 0 Å². The Labute approximate surface area is 107 Å². The molecule has 0 aromatic heterocycles. The van der Waals surface area contributed by atoms with E-state index in [1.807, 2.05) is 24.3 Å². The first-order valence-corrected chi connectivity index (χ1v) is 6.28. The Morgan fingerprint density at radius 3 is 3.06 bits per heavy atom. The lowest BCUT2D eigenvalue weighted by Crippen LogP contribution is -2.35. The van der Waals surface area contributed by atoms with Gasteiger partial charge >= 0.3 is 0 Å². The topological polar surface area (TPSA) is 47.6 Å². The van der Waals surface area contributed by atoms with Crippen LogP contribution in [0.15, 0.2) is 24.3 Å². The summed E-state index contributed by atoms with van der Waals surface area (Å²) in [5, 5.41) is 2.98. The van der Waals surface area contributed by atoms with Gasteiger partial charge in [0.25, 0.3) is 0 Å². The molecule has 1 fully saturated rings. The molecule has 0 aliphatic carbocycles. The van der Waals surface area contributed by atoms with Gasteiger partial charge in [-0.3, -0.25) is 4.79 Å². The van der Waals surface area contributed by atoms with E-state index < -0.39 is 0 Å². The van der Waals surface area contributed by atoms with Crippen LogP contribution >= 0.6 is 0 Å². The van der Waals surface area contributed by atoms with Gasteiger partial charge in [-0.25, -0.2) is 0 Å². The van der Waals surface area contributed by atoms with Crippen LogP contribution in [-0.4, -0.2) is 32.3 Å². The predicted molar refractivity (Wildman–Crippen MR) is 68.7 cm³/mol. The van der Waals surface area contributed by atoms with Crippen molar-refractivity contribution in [1.82, 2.24) is 5.32 Å². The number of para-hydroxylation sites is 1. The average Bonchev–Trinajstić information content (AvgIpc) is 2.89. The largest absolute Gasteiger partial charge is 0.496 e. The SMILES string of the molecule is COc1ccccc1CCC(=O)N[C@@H]1CCOC1. The molecule has 4 heteroatoms. The molecule has 1 aromatic rings. The maximum absolute atomic E-state index is 11.8. The monoisotopic (exact) mass is 249 g/mol. The molecule has 1 amide bonds. The Morgan fingerprint density at radius 1 is 1.50 bits per heavy atom. The highest BCUT2D eigenvalue weighted by Gasteiger charge is 2.17. The molecule has 2 rings (SSSR count). The Kier molecular flexibility index (Phi) is 4.59. The highest BCUT2D eigenvalue weighted by atomic mass is 16.5. The number of methoxy groups -OCH3 is 1. The van der Waals surface area contributed by atoms with Crippen molar-refractivity contribution >= 4 is 5.91 Å². The fourth-order valence-corrected chi connectivity index (χ4v) is 2.11. The normalized spacial score (nSPS) is 18.6. The molecular formula is C14H19NO3. The van der Waals surface area contributed by atoms with Crippen molar-refractivity contribution in [2.24, 2.45) is 0 Å². The van der Waals surface area contributed by atoms with E-state index in [1.165, 1.54) is 0 Å². The molecule has 1 atom stereocenters. The fraction of sp³-hybridized carbons (Fsp3) is 0.500. The first-order chi connectivity index (χ1) is 8.79. The van der Waals surface area contributed by atoms with Crippen molar-refractivity contribution in [3.8, 4) is 5.75 Å². The lowest BCUT2D eigenvalue weighted by molar-refractivity contribution is -0.121. The van der Waals surface area contributed by atoms with Crippen molar-refractivity contribution in [2.45, 2.75) is 25.3 Å². The molecule has 1 heterocycles. The van der Waals surface area contributed by atoms with Gasteiger partial charge in [-0.2, -0.15) is 0 Å². The standard InChI is InChI=1S/C14H19NO3/c1-17-13-5-3-2-4-11(13)6-7-14(16)15-12-8-9-18-10-12/h2-5,12H,6-10H2,1H3,(H,15,16)/t12-/m1/s1. The third-order valence-corrected chi connectivity index (χ3v) is 3.11. The molecule has 1 N–H and O–H groups in total. The van der Waals surface area contributed by atoms with E-state index in [9.17, 15) is 4.79 Å². The number of ether oxygens (including phenoxy) is 2. The second kappa shape index (κ2) is 6.40. The number of aryl methyl sites for hydroxylation is 1. The fourth-order valence-electron chi connectivity index (χ4n) is 2.11. The molecule has 4 nitrogen and oxygen atoms in total. The van der Waals surface area contributed by atoms with Gasteiger partial charge in [0.05, 0.1) is 19.8 Å². The zero-order valence-corrected chi connectivity index (χ0v) is 10.6. The number of rotatable bonds is 5. The number of carbonyl (C=O) groups excluding carboxylic acids is 1. The summed E-state index contributed by atoms with van der Waals surface area (Å²) in [6.45, 7) is 1.39. The van der Waals surface area contributed by atoms with E-state index >= 15 is 0 Å². The summed E-state index contributed by atoms with van der Waals surface area (Å²) >= 11 is 0. The number of amides is 1. The maximum atomic E-state index is 11.8. The van der Waals surface area contributed by atoms with Crippen molar-refractivity contribution in [3.05, 3.63) is 29.8 Å². The molecular weight excluding hydrogens is 230 g/mol. The van der Waals surface area contributed by atoms with Gasteiger partial charge in [0.1, 0.15) is 5.75 Å². The van der Waals surface area contributed by atoms with Gasteiger partial charge in [-0.1, -0.05) is 18.2 Å². The first kappa shape index (κ1) is 12.9. The lowest BCUT2D eigenvalue weighted by atomic mass is 10.1. The van der Waals surface area contributed by atoms with Crippen molar-refractivity contribution in [2.75, 3.05) is 20.3 Å². The van der Waals surface area contributed by atoms with Gasteiger partial charge in [0.15, 0.2) is 0 Å². The van der Waals surface area contributed by atoms with Gasteiger partial charge in [0.2, 0.25) is 5.91 Å². The Balaban J connectivity index is 1.81. The molecule has 0 radical (unpaired) electrons. The van der Waals surface area contributed by atoms with Crippen LogP contribution in [0.5, 0.6) is 5.75 Å². The summed E-state index contributed by atoms with van der Waals surface area (Å²) in [5.74, 6) is 0.922. The predicted octanol–water partition coefficient (Wildman–Crippen LogP) is 1.53. The van der Waals surface area contributed by atoms with Crippen LogP contribution in [0, 0.1) is 0 Å². The van der Waals surface area contributed by atoms with Crippen molar-refractivity contribution in [3.63, 3.8) is 0 Å². The van der Waals surface area contributed by atoms with E-state index in [4.69, 9.17) is 9.47 Å². The summed E-state index contributed by atoms with van der Waals surface area (Å²) in [5.41, 5.74) is 1.07. The molecule has 0 spiro atoms. The van der Waals surface area contributed by atoms with Gasteiger partial charge < -0.3 is 14.8 Å². The third kappa shape index (κ3) is 3.47. The minimum Gasteiger partial charge on any atom is -0.496 e. The van der Waals surface area contributed by atoms with Crippen LogP contribution < -0.4 is 10.1 Å². The summed E-state index contributed by atoms with van der Waals surface area (Å²) in [6.07, 6.45) is 2.10. The molecule has 0 unspecified atom stereocenters. The zero-order chi connectivity index (χ0) is 12.8. The Bertz CT molecular complexity index is 400. The number of carbonyl (C=O) groups is 1. The van der Waals surface area contributed by atoms with Gasteiger partial charge in [-0.05, 0) is 24.5 Å². The minimum atomic E-state index is 0.0800. The average molecular weight is 249 g/mol. The molecule has 1 aromatic carbocycles. The minimum absolute atomic E-state index is 0.0800. The van der Waals surface area contributed by atoms with Crippen molar-refractivity contribution in [1.29, 1.82) is 0 Å². The first-order valence-electron chi connectivity index (χ1n) is 6.28. The van der Waals surface area contributed by atoms with Crippen molar-refractivity contribution < 1.29 is 14.3 Å². The lowest BCUT2D eigenvalue weighted by Gasteiger charge is -2.11. The van der Waals surface area contributed by atoms with Gasteiger partial charge in [-0.15, -0.1) is 0 Å². The van der Waals surface area contributed by atoms with Crippen LogP contribution in [0.1, 0.15) is 18.4 Å². The van der Waals surface area contributed by atoms with Gasteiger partial charge in [0, 0.05) is 13.0 Å². The van der Waals surface area contributed by atoms with E-state index in [0.29, 0.717) is 19.4 Å². The highest BCUT2D eigenvalue weighted by molar-refractivity contribution is 5.76. The van der Waals surface area contributed by atoms with Crippen LogP contribution in [0.25, 0.3) is 0 Å². The molecule has 1 saturated heterocycles. The quantitative estimate of drug-likeness (QED) is 0.861. The van der Waals surface area contributed by atoms with Crippen LogP contribution in [-0.2, 0) is 16.0 Å². The maximum Gasteiger partial charge on any atom is 0.220 e. The number of hydrogen-bond donors (Lipinski definition) is 1. The van der Waals surface area contributed by atoms with Crippen LogP contribution in [0.2, 0.25) is 0 Å². The summed E-state index contributed by atoms with van der Waals surface area (Å²) in [4.78, 5) is 11.8. The molecule has 0 bridgehead atoms.